The fourth-order valence-electron chi connectivity index (χ4n) is 1.52. The fraction of sp³-hybridized carbons (Fsp3) is 1.00. The van der Waals surface area contributed by atoms with Gasteiger partial charge >= 0.3 is 0 Å². The minimum Gasteiger partial charge on any atom is -0.326 e. The fourth-order valence-corrected chi connectivity index (χ4v) is 2.23. The molecule has 0 heterocycles. The molecule has 0 aromatic rings. The number of rotatable bonds is 2. The van der Waals surface area contributed by atoms with Crippen LogP contribution in [0.5, 0.6) is 0 Å². The van der Waals surface area contributed by atoms with Crippen LogP contribution in [0, 0.1) is 0 Å². The summed E-state index contributed by atoms with van der Waals surface area (Å²) in [6.45, 7) is 0. The third-order valence-electron chi connectivity index (χ3n) is 2.14. The molecule has 0 saturated heterocycles. The smallest absolute Gasteiger partial charge is 0.274 e. The molecule has 0 aliphatic heterocycles. The van der Waals surface area contributed by atoms with E-state index >= 15 is 0 Å². The average Bonchev–Trinajstić information content (AvgIpc) is 1.91. The van der Waals surface area contributed by atoms with Crippen LogP contribution in [0.3, 0.4) is 0 Å². The van der Waals surface area contributed by atoms with Crippen LogP contribution in [0.15, 0.2) is 0 Å². The lowest BCUT2D eigenvalue weighted by Crippen LogP contribution is -2.51. The Morgan fingerprint density at radius 2 is 1.83 bits per heavy atom. The van der Waals surface area contributed by atoms with Gasteiger partial charge in [-0.15, -0.1) is 0 Å². The van der Waals surface area contributed by atoms with Gasteiger partial charge in [-0.1, -0.05) is 12.8 Å². The van der Waals surface area contributed by atoms with Gasteiger partial charge in [-0.2, -0.15) is 13.1 Å². The lowest BCUT2D eigenvalue weighted by atomic mass is 9.92. The predicted octanol–water partition coefficient (Wildman–Crippen LogP) is -0.951. The molecule has 1 aliphatic carbocycles. The third kappa shape index (κ3) is 3.06. The van der Waals surface area contributed by atoms with E-state index in [1.54, 1.807) is 0 Å². The molecule has 0 amide bonds. The second-order valence-corrected chi connectivity index (χ2v) is 4.54. The molecule has 0 aromatic carbocycles. The summed E-state index contributed by atoms with van der Waals surface area (Å²) in [7, 11) is -3.59. The third-order valence-corrected chi connectivity index (χ3v) is 2.77. The van der Waals surface area contributed by atoms with E-state index in [1.165, 1.54) is 0 Å². The highest BCUT2D eigenvalue weighted by atomic mass is 32.2. The highest BCUT2D eigenvalue weighted by Gasteiger charge is 2.24. The van der Waals surface area contributed by atoms with Gasteiger partial charge in [0.25, 0.3) is 10.2 Å². The summed E-state index contributed by atoms with van der Waals surface area (Å²) in [5, 5.41) is 4.83. The van der Waals surface area contributed by atoms with E-state index in [2.05, 4.69) is 4.72 Å². The van der Waals surface area contributed by atoms with Crippen molar-refractivity contribution in [2.24, 2.45) is 10.9 Å². The number of nitrogens with two attached hydrogens (primary N) is 2. The van der Waals surface area contributed by atoms with Crippen molar-refractivity contribution < 1.29 is 8.42 Å². The van der Waals surface area contributed by atoms with Gasteiger partial charge in [-0.05, 0) is 12.8 Å². The van der Waals surface area contributed by atoms with Gasteiger partial charge < -0.3 is 5.73 Å². The zero-order valence-electron chi connectivity index (χ0n) is 6.86. The predicted molar refractivity (Wildman–Crippen MR) is 46.5 cm³/mol. The van der Waals surface area contributed by atoms with E-state index in [0.717, 1.165) is 25.7 Å². The molecule has 5 nitrogen and oxygen atoms in total. The monoisotopic (exact) mass is 193 g/mol. The van der Waals surface area contributed by atoms with Crippen LogP contribution in [0.2, 0.25) is 0 Å². The largest absolute Gasteiger partial charge is 0.326 e. The second-order valence-electron chi connectivity index (χ2n) is 3.22. The summed E-state index contributed by atoms with van der Waals surface area (Å²) in [6, 6.07) is -0.258. The first-order valence-corrected chi connectivity index (χ1v) is 5.59. The highest BCUT2D eigenvalue weighted by Crippen LogP contribution is 2.16. The second kappa shape index (κ2) is 3.69. The van der Waals surface area contributed by atoms with Crippen LogP contribution in [0.1, 0.15) is 25.7 Å². The number of nitrogens with one attached hydrogen (secondary N) is 1. The van der Waals surface area contributed by atoms with Crippen LogP contribution in [0.25, 0.3) is 0 Å². The SMILES string of the molecule is NC1CCCCC1NS(N)(=O)=O. The Bertz CT molecular complexity index is 239. The standard InChI is InChI=1S/C6H15N3O2S/c7-5-3-1-2-4-6(5)9-12(8,10)11/h5-6,9H,1-4,7H2,(H2,8,10,11). The lowest BCUT2D eigenvalue weighted by Gasteiger charge is -2.28. The van der Waals surface area contributed by atoms with Crippen molar-refractivity contribution in [3.05, 3.63) is 0 Å². The van der Waals surface area contributed by atoms with Crippen LogP contribution in [-0.2, 0) is 10.2 Å². The van der Waals surface area contributed by atoms with Gasteiger partial charge in [-0.25, -0.2) is 5.14 Å². The van der Waals surface area contributed by atoms with E-state index in [0.29, 0.717) is 0 Å². The van der Waals surface area contributed by atoms with Gasteiger partial charge in [0.05, 0.1) is 0 Å². The molecule has 2 atom stereocenters. The molecule has 6 heteroatoms. The minimum atomic E-state index is -3.59. The van der Waals surface area contributed by atoms with Gasteiger partial charge in [-0.3, -0.25) is 0 Å². The first kappa shape index (κ1) is 9.91. The molecule has 72 valence electrons. The molecule has 0 spiro atoms. The van der Waals surface area contributed by atoms with E-state index in [1.807, 2.05) is 0 Å². The Balaban J connectivity index is 2.50. The molecule has 0 radical (unpaired) electrons. The molecule has 2 unspecified atom stereocenters. The van der Waals surface area contributed by atoms with Crippen molar-refractivity contribution in [3.63, 3.8) is 0 Å². The summed E-state index contributed by atoms with van der Waals surface area (Å²) < 4.78 is 23.6. The van der Waals surface area contributed by atoms with Crippen molar-refractivity contribution in [2.75, 3.05) is 0 Å². The van der Waals surface area contributed by atoms with Crippen LogP contribution in [0.4, 0.5) is 0 Å². The molecule has 0 bridgehead atoms. The Morgan fingerprint density at radius 3 is 2.33 bits per heavy atom. The maximum atomic E-state index is 10.7. The summed E-state index contributed by atoms with van der Waals surface area (Å²) in [5.74, 6) is 0. The zero-order valence-corrected chi connectivity index (χ0v) is 7.68. The number of hydrogen-bond donors (Lipinski definition) is 3. The molecule has 12 heavy (non-hydrogen) atoms. The summed E-state index contributed by atoms with van der Waals surface area (Å²) in [6.07, 6.45) is 3.75. The normalized spacial score (nSPS) is 31.8. The Hall–Kier alpha value is -0.170. The molecule has 1 aliphatic rings. The molecule has 0 aromatic heterocycles. The van der Waals surface area contributed by atoms with Crippen molar-refractivity contribution in [1.29, 1.82) is 0 Å². The van der Waals surface area contributed by atoms with Crippen molar-refractivity contribution in [1.82, 2.24) is 4.72 Å². The maximum absolute atomic E-state index is 10.7. The highest BCUT2D eigenvalue weighted by molar-refractivity contribution is 7.87. The zero-order chi connectivity index (χ0) is 9.19. The van der Waals surface area contributed by atoms with Crippen molar-refractivity contribution >= 4 is 10.2 Å². The van der Waals surface area contributed by atoms with Gasteiger partial charge in [0.2, 0.25) is 0 Å². The molecule has 1 rings (SSSR count). The minimum absolute atomic E-state index is 0.0860. The Labute approximate surface area is 72.7 Å². The van der Waals surface area contributed by atoms with Crippen molar-refractivity contribution in [3.8, 4) is 0 Å². The van der Waals surface area contributed by atoms with E-state index in [4.69, 9.17) is 10.9 Å². The first-order valence-electron chi connectivity index (χ1n) is 4.04. The van der Waals surface area contributed by atoms with Gasteiger partial charge in [0.15, 0.2) is 0 Å². The summed E-state index contributed by atoms with van der Waals surface area (Å²) >= 11 is 0. The first-order chi connectivity index (χ1) is 5.49. The van der Waals surface area contributed by atoms with Crippen molar-refractivity contribution in [2.45, 2.75) is 37.8 Å². The van der Waals surface area contributed by atoms with Crippen LogP contribution in [-0.4, -0.2) is 20.5 Å². The van der Waals surface area contributed by atoms with Gasteiger partial charge in [0.1, 0.15) is 0 Å². The lowest BCUT2D eigenvalue weighted by molar-refractivity contribution is 0.361. The number of hydrogen-bond acceptors (Lipinski definition) is 3. The van der Waals surface area contributed by atoms with Gasteiger partial charge in [0, 0.05) is 12.1 Å². The molecule has 1 fully saturated rings. The van der Waals surface area contributed by atoms with E-state index < -0.39 is 10.2 Å². The van der Waals surface area contributed by atoms with E-state index in [-0.39, 0.29) is 12.1 Å². The quantitative estimate of drug-likeness (QED) is 0.527. The topological polar surface area (TPSA) is 98.2 Å². The molecular weight excluding hydrogens is 178 g/mol. The summed E-state index contributed by atoms with van der Waals surface area (Å²) in [5.41, 5.74) is 5.70. The average molecular weight is 193 g/mol. The van der Waals surface area contributed by atoms with E-state index in [9.17, 15) is 8.42 Å². The molecule has 1 saturated carbocycles. The Morgan fingerprint density at radius 1 is 1.25 bits per heavy atom. The van der Waals surface area contributed by atoms with Crippen LogP contribution >= 0.6 is 0 Å². The summed E-state index contributed by atoms with van der Waals surface area (Å²) in [4.78, 5) is 0. The molecule has 5 N–H and O–H groups in total. The van der Waals surface area contributed by atoms with Crippen LogP contribution < -0.4 is 15.6 Å². The Kier molecular flexibility index (Phi) is 3.05. The molecular formula is C6H15N3O2S. The maximum Gasteiger partial charge on any atom is 0.274 e.